The number of halogens is 1. The number of carbonyl (C=O) groups is 1. The molecule has 9 heteroatoms. The summed E-state index contributed by atoms with van der Waals surface area (Å²) in [6, 6.07) is 3.77. The van der Waals surface area contributed by atoms with Crippen molar-refractivity contribution in [1.82, 2.24) is 20.2 Å². The summed E-state index contributed by atoms with van der Waals surface area (Å²) < 4.78 is 16.0. The molecule has 2 aliphatic rings. The van der Waals surface area contributed by atoms with Gasteiger partial charge in [-0.05, 0) is 37.3 Å². The van der Waals surface area contributed by atoms with Crippen LogP contribution in [0.2, 0.25) is 0 Å². The predicted octanol–water partition coefficient (Wildman–Crippen LogP) is 4.73. The molecular weight excluding hydrogens is 451 g/mol. The Morgan fingerprint density at radius 1 is 1.24 bits per heavy atom. The van der Waals surface area contributed by atoms with Gasteiger partial charge in [-0.15, -0.1) is 11.3 Å². The van der Waals surface area contributed by atoms with E-state index < -0.39 is 5.82 Å². The first-order valence-electron chi connectivity index (χ1n) is 12.0. The van der Waals surface area contributed by atoms with Crippen LogP contribution >= 0.6 is 11.3 Å². The number of hydrogen-bond acceptors (Lipinski definition) is 7. The summed E-state index contributed by atoms with van der Waals surface area (Å²) in [6.07, 6.45) is 8.04. The highest BCUT2D eigenvalue weighted by molar-refractivity contribution is 7.21. The van der Waals surface area contributed by atoms with Crippen molar-refractivity contribution in [3.05, 3.63) is 40.8 Å². The fourth-order valence-electron chi connectivity index (χ4n) is 5.09. The molecule has 1 saturated heterocycles. The van der Waals surface area contributed by atoms with Crippen LogP contribution < -0.4 is 15.5 Å². The molecule has 0 unspecified atom stereocenters. The molecule has 1 atom stereocenters. The molecule has 5 rings (SSSR count). The van der Waals surface area contributed by atoms with E-state index in [9.17, 15) is 4.79 Å². The Labute approximate surface area is 203 Å². The van der Waals surface area contributed by atoms with Crippen molar-refractivity contribution in [2.45, 2.75) is 44.6 Å². The van der Waals surface area contributed by atoms with Gasteiger partial charge in [-0.2, -0.15) is 0 Å². The number of thiophene rings is 1. The van der Waals surface area contributed by atoms with E-state index in [0.29, 0.717) is 11.7 Å². The molecule has 7 nitrogen and oxygen atoms in total. The molecule has 4 heterocycles. The summed E-state index contributed by atoms with van der Waals surface area (Å²) in [6.45, 7) is 4.68. The number of pyridine rings is 2. The number of rotatable bonds is 5. The highest BCUT2D eigenvalue weighted by Gasteiger charge is 2.28. The summed E-state index contributed by atoms with van der Waals surface area (Å²) in [7, 11) is 3.57. The predicted molar refractivity (Wildman–Crippen MR) is 136 cm³/mol. The maximum Gasteiger partial charge on any atom is 0.263 e. The monoisotopic (exact) mass is 482 g/mol. The lowest BCUT2D eigenvalue weighted by atomic mass is 9.94. The summed E-state index contributed by atoms with van der Waals surface area (Å²) in [4.78, 5) is 26.4. The Balaban J connectivity index is 1.46. The topological polar surface area (TPSA) is 73.4 Å². The minimum absolute atomic E-state index is 0.0306. The maximum atomic E-state index is 15.0. The van der Waals surface area contributed by atoms with E-state index in [4.69, 9.17) is 0 Å². The van der Waals surface area contributed by atoms with Crippen molar-refractivity contribution in [3.8, 4) is 0 Å². The van der Waals surface area contributed by atoms with Crippen LogP contribution in [0.3, 0.4) is 0 Å². The number of amides is 1. The average molecular weight is 483 g/mol. The quantitative estimate of drug-likeness (QED) is 0.548. The smallest absolute Gasteiger partial charge is 0.263 e. The van der Waals surface area contributed by atoms with Crippen LogP contribution in [0.4, 0.5) is 21.7 Å². The molecule has 1 amide bonds. The van der Waals surface area contributed by atoms with Crippen molar-refractivity contribution in [1.29, 1.82) is 0 Å². The van der Waals surface area contributed by atoms with E-state index in [2.05, 4.69) is 32.4 Å². The van der Waals surface area contributed by atoms with E-state index in [1.165, 1.54) is 30.2 Å². The van der Waals surface area contributed by atoms with Crippen molar-refractivity contribution in [3.63, 3.8) is 0 Å². The largest absolute Gasteiger partial charge is 0.365 e. The van der Waals surface area contributed by atoms with Gasteiger partial charge in [0, 0.05) is 57.4 Å². The van der Waals surface area contributed by atoms with Crippen LogP contribution in [0.15, 0.2) is 24.5 Å². The van der Waals surface area contributed by atoms with Crippen molar-refractivity contribution in [2.75, 3.05) is 43.9 Å². The number of hydrogen-bond donors (Lipinski definition) is 2. The van der Waals surface area contributed by atoms with Gasteiger partial charge in [0.2, 0.25) is 0 Å². The standard InChI is InChI=1S/C25H31FN6OS/c1-15-12-27-8-9-32(15)17-10-19(26)24(29-13-17)30-21-11-18-20(14-28-21)34-23(25(33)31(2)3)22(18)16-6-4-5-7-16/h10-11,13-16,27H,4-9,12H2,1-3H3,(H,28,29,30)/t15-/m0/s1. The zero-order valence-electron chi connectivity index (χ0n) is 19.9. The average Bonchev–Trinajstić information content (AvgIpc) is 3.47. The first kappa shape index (κ1) is 23.0. The summed E-state index contributed by atoms with van der Waals surface area (Å²) in [5.41, 5.74) is 1.91. The Morgan fingerprint density at radius 2 is 2.03 bits per heavy atom. The zero-order valence-corrected chi connectivity index (χ0v) is 20.7. The second kappa shape index (κ2) is 9.46. The number of fused-ring (bicyclic) bond motifs is 1. The number of nitrogens with zero attached hydrogens (tertiary/aromatic N) is 4. The molecule has 1 aliphatic carbocycles. The molecule has 2 N–H and O–H groups in total. The van der Waals surface area contributed by atoms with E-state index in [1.807, 2.05) is 6.07 Å². The minimum atomic E-state index is -0.407. The first-order chi connectivity index (χ1) is 16.4. The molecule has 180 valence electrons. The van der Waals surface area contributed by atoms with Crippen LogP contribution in [0, 0.1) is 5.82 Å². The van der Waals surface area contributed by atoms with Crippen LogP contribution in [0.25, 0.3) is 10.1 Å². The maximum absolute atomic E-state index is 15.0. The highest BCUT2D eigenvalue weighted by atomic mass is 32.1. The minimum Gasteiger partial charge on any atom is -0.365 e. The molecule has 1 aliphatic heterocycles. The number of aromatic nitrogens is 2. The fraction of sp³-hybridized carbons (Fsp3) is 0.480. The Morgan fingerprint density at radius 3 is 2.74 bits per heavy atom. The number of carbonyl (C=O) groups excluding carboxylic acids is 1. The molecule has 1 saturated carbocycles. The number of nitrogens with one attached hydrogen (secondary N) is 2. The van der Waals surface area contributed by atoms with Crippen LogP contribution in [0.5, 0.6) is 0 Å². The molecule has 0 aromatic carbocycles. The third-order valence-corrected chi connectivity index (χ3v) is 8.03. The molecule has 34 heavy (non-hydrogen) atoms. The number of anilines is 3. The molecule has 0 radical (unpaired) electrons. The highest BCUT2D eigenvalue weighted by Crippen LogP contribution is 2.44. The lowest BCUT2D eigenvalue weighted by Crippen LogP contribution is -2.50. The van der Waals surface area contributed by atoms with E-state index >= 15 is 4.39 Å². The third kappa shape index (κ3) is 4.34. The lowest BCUT2D eigenvalue weighted by molar-refractivity contribution is 0.0831. The van der Waals surface area contributed by atoms with Gasteiger partial charge in [-0.25, -0.2) is 14.4 Å². The second-order valence-corrected chi connectivity index (χ2v) is 10.5. The van der Waals surface area contributed by atoms with Crippen LogP contribution in [0.1, 0.15) is 53.8 Å². The van der Waals surface area contributed by atoms with E-state index in [0.717, 1.165) is 58.7 Å². The molecule has 3 aromatic heterocycles. The molecule has 3 aromatic rings. The molecule has 0 bridgehead atoms. The second-order valence-electron chi connectivity index (χ2n) is 9.49. The van der Waals surface area contributed by atoms with Gasteiger partial charge in [-0.1, -0.05) is 12.8 Å². The zero-order chi connectivity index (χ0) is 23.8. The molecular formula is C25H31FN6OS. The Bertz CT molecular complexity index is 1210. The fourth-order valence-corrected chi connectivity index (χ4v) is 6.36. The van der Waals surface area contributed by atoms with E-state index in [1.54, 1.807) is 31.4 Å². The van der Waals surface area contributed by atoms with Gasteiger partial charge >= 0.3 is 0 Å². The third-order valence-electron chi connectivity index (χ3n) is 6.88. The Hall–Kier alpha value is -2.78. The first-order valence-corrected chi connectivity index (χ1v) is 12.8. The van der Waals surface area contributed by atoms with Gasteiger partial charge in [0.25, 0.3) is 5.91 Å². The van der Waals surface area contributed by atoms with Crippen LogP contribution in [-0.4, -0.2) is 60.5 Å². The summed E-state index contributed by atoms with van der Waals surface area (Å²) in [5.74, 6) is 0.680. The van der Waals surface area contributed by atoms with Gasteiger partial charge < -0.3 is 20.4 Å². The molecule has 0 spiro atoms. The molecule has 2 fully saturated rings. The number of piperazine rings is 1. The van der Waals surface area contributed by atoms with E-state index in [-0.39, 0.29) is 17.8 Å². The van der Waals surface area contributed by atoms with Crippen molar-refractivity contribution >= 4 is 44.7 Å². The summed E-state index contributed by atoms with van der Waals surface area (Å²) >= 11 is 1.50. The van der Waals surface area contributed by atoms with Crippen molar-refractivity contribution < 1.29 is 9.18 Å². The normalized spacial score (nSPS) is 19.1. The summed E-state index contributed by atoms with van der Waals surface area (Å²) in [5, 5.41) is 7.45. The van der Waals surface area contributed by atoms with Gasteiger partial charge in [0.1, 0.15) is 5.82 Å². The SMILES string of the molecule is C[C@H]1CNCCN1c1cnc(Nc2cc3c(C4CCCC4)c(C(=O)N(C)C)sc3cn2)c(F)c1. The van der Waals surface area contributed by atoms with Gasteiger partial charge in [-0.3, -0.25) is 4.79 Å². The van der Waals surface area contributed by atoms with Crippen LogP contribution in [-0.2, 0) is 0 Å². The van der Waals surface area contributed by atoms with Gasteiger partial charge in [0.15, 0.2) is 11.6 Å². The van der Waals surface area contributed by atoms with Crippen molar-refractivity contribution in [2.24, 2.45) is 0 Å². The lowest BCUT2D eigenvalue weighted by Gasteiger charge is -2.35. The van der Waals surface area contributed by atoms with Gasteiger partial charge in [0.05, 0.1) is 21.5 Å². The Kier molecular flexibility index (Phi) is 6.40.